The van der Waals surface area contributed by atoms with E-state index < -0.39 is 5.82 Å². The molecule has 1 aliphatic carbocycles. The summed E-state index contributed by atoms with van der Waals surface area (Å²) in [5, 5.41) is 10.2. The van der Waals surface area contributed by atoms with Gasteiger partial charge in [0.05, 0.1) is 24.0 Å². The van der Waals surface area contributed by atoms with Gasteiger partial charge >= 0.3 is 0 Å². The number of rotatable bonds is 6. The zero-order valence-electron chi connectivity index (χ0n) is 16.5. The first kappa shape index (κ1) is 20.2. The van der Waals surface area contributed by atoms with E-state index >= 15 is 0 Å². The number of nitrogens with zero attached hydrogens (tertiary/aromatic N) is 3. The number of amides is 2. The number of hydrogen-bond acceptors (Lipinski definition) is 5. The molecule has 0 saturated heterocycles. The molecule has 0 saturated carbocycles. The summed E-state index contributed by atoms with van der Waals surface area (Å²) in [6, 6.07) is 6.15. The summed E-state index contributed by atoms with van der Waals surface area (Å²) in [6.07, 6.45) is 6.04. The molecule has 7 nitrogen and oxygen atoms in total. The quantitative estimate of drug-likeness (QED) is 0.631. The Balaban J connectivity index is 1.30. The molecule has 0 radical (unpaired) electrons. The molecule has 156 valence electrons. The molecular formula is C21H22FN5O2S. The second kappa shape index (κ2) is 8.74. The number of benzene rings is 1. The van der Waals surface area contributed by atoms with Crippen molar-refractivity contribution >= 4 is 34.0 Å². The number of hydrogen-bond donors (Lipinski definition) is 2. The average molecular weight is 428 g/mol. The third-order valence-electron chi connectivity index (χ3n) is 4.96. The van der Waals surface area contributed by atoms with Crippen molar-refractivity contribution in [3.8, 4) is 0 Å². The number of thiazole rings is 1. The minimum absolute atomic E-state index is 0.00380. The molecule has 2 aromatic heterocycles. The smallest absolute Gasteiger partial charge is 0.247 e. The summed E-state index contributed by atoms with van der Waals surface area (Å²) in [5.41, 5.74) is 1.86. The predicted molar refractivity (Wildman–Crippen MR) is 113 cm³/mol. The second-order valence-corrected chi connectivity index (χ2v) is 8.61. The molecule has 0 unspecified atom stereocenters. The second-order valence-electron chi connectivity index (χ2n) is 7.53. The van der Waals surface area contributed by atoms with Crippen LogP contribution in [-0.4, -0.2) is 26.6 Å². The lowest BCUT2D eigenvalue weighted by Crippen LogP contribution is -2.19. The van der Waals surface area contributed by atoms with Gasteiger partial charge in [0.1, 0.15) is 12.4 Å². The Morgan fingerprint density at radius 3 is 2.93 bits per heavy atom. The van der Waals surface area contributed by atoms with Crippen LogP contribution in [0.3, 0.4) is 0 Å². The lowest BCUT2D eigenvalue weighted by Gasteiger charge is -2.15. The monoisotopic (exact) mass is 427 g/mol. The zero-order chi connectivity index (χ0) is 21.1. The van der Waals surface area contributed by atoms with Crippen LogP contribution in [0.15, 0.2) is 36.7 Å². The molecule has 1 aliphatic rings. The first-order valence-corrected chi connectivity index (χ1v) is 10.6. The molecule has 4 rings (SSSR count). The highest BCUT2D eigenvalue weighted by Gasteiger charge is 2.20. The Bertz CT molecular complexity index is 1080. The molecule has 0 aliphatic heterocycles. The van der Waals surface area contributed by atoms with Gasteiger partial charge in [0, 0.05) is 11.1 Å². The lowest BCUT2D eigenvalue weighted by molar-refractivity contribution is -0.117. The first-order valence-electron chi connectivity index (χ1n) is 9.80. The van der Waals surface area contributed by atoms with Crippen molar-refractivity contribution in [1.29, 1.82) is 0 Å². The number of anilines is 2. The molecule has 3 aromatic rings. The van der Waals surface area contributed by atoms with E-state index in [0.717, 1.165) is 25.0 Å². The number of carbonyl (C=O) groups excluding carboxylic acids is 2. The third-order valence-corrected chi connectivity index (χ3v) is 6.00. The van der Waals surface area contributed by atoms with Gasteiger partial charge in [0.25, 0.3) is 0 Å². The normalized spacial score (nSPS) is 15.5. The predicted octanol–water partition coefficient (Wildman–Crippen LogP) is 3.42. The Morgan fingerprint density at radius 2 is 2.10 bits per heavy atom. The topological polar surface area (TPSA) is 88.9 Å². The minimum atomic E-state index is -0.418. The van der Waals surface area contributed by atoms with E-state index in [2.05, 4.69) is 27.6 Å². The summed E-state index contributed by atoms with van der Waals surface area (Å²) >= 11 is 1.53. The van der Waals surface area contributed by atoms with Crippen LogP contribution in [0.4, 0.5) is 15.2 Å². The standard InChI is InChI=1S/C21H22FN5O2S/c1-13-6-7-17-18(8-13)30-21(25-17)26-20(29)12-27-11-15(10-23-27)24-19(28)9-14-4-2-3-5-16(14)22/h2-5,10-11,13H,6-9,12H2,1H3,(H,24,28)(H,25,26,29)/t13-/m0/s1. The third kappa shape index (κ3) is 4.91. The summed E-state index contributed by atoms with van der Waals surface area (Å²) in [6.45, 7) is 2.23. The molecule has 1 atom stereocenters. The van der Waals surface area contributed by atoms with Gasteiger partial charge in [0.2, 0.25) is 11.8 Å². The highest BCUT2D eigenvalue weighted by molar-refractivity contribution is 7.15. The van der Waals surface area contributed by atoms with E-state index in [1.54, 1.807) is 24.4 Å². The van der Waals surface area contributed by atoms with Crippen molar-refractivity contribution < 1.29 is 14.0 Å². The van der Waals surface area contributed by atoms with E-state index in [9.17, 15) is 14.0 Å². The highest BCUT2D eigenvalue weighted by Crippen LogP contribution is 2.32. The van der Waals surface area contributed by atoms with Crippen molar-refractivity contribution in [2.45, 2.75) is 39.2 Å². The Kier molecular flexibility index (Phi) is 5.89. The molecule has 9 heteroatoms. The van der Waals surface area contributed by atoms with Crippen LogP contribution in [0, 0.1) is 11.7 Å². The van der Waals surface area contributed by atoms with Gasteiger partial charge in [0.15, 0.2) is 5.13 Å². The fourth-order valence-electron chi connectivity index (χ4n) is 3.43. The van der Waals surface area contributed by atoms with Gasteiger partial charge in [-0.15, -0.1) is 11.3 Å². The molecule has 2 amide bonds. The Hall–Kier alpha value is -3.07. The minimum Gasteiger partial charge on any atom is -0.323 e. The number of fused-ring (bicyclic) bond motifs is 1. The van der Waals surface area contributed by atoms with Crippen LogP contribution in [-0.2, 0) is 35.4 Å². The SMILES string of the molecule is C[C@H]1CCc2nc(NC(=O)Cn3cc(NC(=O)Cc4ccccc4F)cn3)sc2C1. The van der Waals surface area contributed by atoms with Crippen LogP contribution in [0.5, 0.6) is 0 Å². The Labute approximate surface area is 177 Å². The van der Waals surface area contributed by atoms with E-state index in [1.807, 2.05) is 0 Å². The maximum Gasteiger partial charge on any atom is 0.247 e. The summed E-state index contributed by atoms with van der Waals surface area (Å²) in [4.78, 5) is 30.2. The van der Waals surface area contributed by atoms with E-state index in [0.29, 0.717) is 22.3 Å². The van der Waals surface area contributed by atoms with Gasteiger partial charge in [-0.3, -0.25) is 14.3 Å². The summed E-state index contributed by atoms with van der Waals surface area (Å²) in [7, 11) is 0. The van der Waals surface area contributed by atoms with Crippen molar-refractivity contribution in [3.63, 3.8) is 0 Å². The van der Waals surface area contributed by atoms with E-state index in [4.69, 9.17) is 0 Å². The Morgan fingerprint density at radius 1 is 1.27 bits per heavy atom. The van der Waals surface area contributed by atoms with Gasteiger partial charge in [-0.25, -0.2) is 9.37 Å². The number of halogens is 1. The average Bonchev–Trinajstić information content (AvgIpc) is 3.29. The fraction of sp³-hybridized carbons (Fsp3) is 0.333. The van der Waals surface area contributed by atoms with E-state index in [1.165, 1.54) is 33.2 Å². The maximum absolute atomic E-state index is 13.7. The summed E-state index contributed by atoms with van der Waals surface area (Å²) < 4.78 is 15.1. The van der Waals surface area contributed by atoms with E-state index in [-0.39, 0.29) is 24.8 Å². The zero-order valence-corrected chi connectivity index (χ0v) is 17.3. The number of aryl methyl sites for hydroxylation is 1. The molecular weight excluding hydrogens is 405 g/mol. The molecule has 2 N–H and O–H groups in total. The van der Waals surface area contributed by atoms with Crippen LogP contribution in [0.2, 0.25) is 0 Å². The molecule has 2 heterocycles. The maximum atomic E-state index is 13.7. The van der Waals surface area contributed by atoms with Crippen molar-refractivity contribution in [2.24, 2.45) is 5.92 Å². The molecule has 0 bridgehead atoms. The van der Waals surface area contributed by atoms with Crippen LogP contribution in [0.25, 0.3) is 0 Å². The van der Waals surface area contributed by atoms with Crippen LogP contribution < -0.4 is 10.6 Å². The van der Waals surface area contributed by atoms with Gasteiger partial charge in [-0.1, -0.05) is 25.1 Å². The first-order chi connectivity index (χ1) is 14.5. The highest BCUT2D eigenvalue weighted by atomic mass is 32.1. The van der Waals surface area contributed by atoms with Crippen LogP contribution in [0.1, 0.15) is 29.5 Å². The van der Waals surface area contributed by atoms with Crippen LogP contribution >= 0.6 is 11.3 Å². The molecule has 0 fully saturated rings. The van der Waals surface area contributed by atoms with Gasteiger partial charge < -0.3 is 10.6 Å². The number of aromatic nitrogens is 3. The number of nitrogens with one attached hydrogen (secondary N) is 2. The summed E-state index contributed by atoms with van der Waals surface area (Å²) in [5.74, 6) is -0.357. The van der Waals surface area contributed by atoms with Crippen molar-refractivity contribution in [1.82, 2.24) is 14.8 Å². The van der Waals surface area contributed by atoms with Crippen molar-refractivity contribution in [2.75, 3.05) is 10.6 Å². The van der Waals surface area contributed by atoms with Gasteiger partial charge in [-0.05, 0) is 36.8 Å². The lowest BCUT2D eigenvalue weighted by atomic mass is 9.93. The molecule has 30 heavy (non-hydrogen) atoms. The largest absolute Gasteiger partial charge is 0.323 e. The number of carbonyl (C=O) groups is 2. The van der Waals surface area contributed by atoms with Gasteiger partial charge in [-0.2, -0.15) is 5.10 Å². The molecule has 1 aromatic carbocycles. The fourth-order valence-corrected chi connectivity index (χ4v) is 4.62. The molecule has 0 spiro atoms. The van der Waals surface area contributed by atoms with Crippen molar-refractivity contribution in [3.05, 3.63) is 58.6 Å².